The highest BCUT2D eigenvalue weighted by molar-refractivity contribution is 6.04. The number of carbonyl (C=O) groups is 2. The first-order chi connectivity index (χ1) is 15.8. The summed E-state index contributed by atoms with van der Waals surface area (Å²) in [6.45, 7) is 4.63. The summed E-state index contributed by atoms with van der Waals surface area (Å²) in [5.74, 6) is 1.35. The van der Waals surface area contributed by atoms with E-state index >= 15 is 0 Å². The molecule has 1 aliphatic heterocycles. The smallest absolute Gasteiger partial charge is 0.259 e. The van der Waals surface area contributed by atoms with E-state index in [1.54, 1.807) is 60.2 Å². The Bertz CT molecular complexity index is 1190. The molecule has 10 nitrogen and oxygen atoms in total. The molecule has 0 aliphatic carbocycles. The molecule has 1 aromatic carbocycles. The Morgan fingerprint density at radius 2 is 1.97 bits per heavy atom. The minimum absolute atomic E-state index is 0.103. The van der Waals surface area contributed by atoms with Crippen LogP contribution in [0.1, 0.15) is 34.6 Å². The molecule has 4 rings (SSSR count). The van der Waals surface area contributed by atoms with Crippen molar-refractivity contribution in [3.8, 4) is 23.1 Å². The Morgan fingerprint density at radius 1 is 1.18 bits per heavy atom. The minimum Gasteiger partial charge on any atom is -0.491 e. The number of likely N-dealkylation sites (N-methyl/N-ethyl adjacent to an activating group) is 1. The maximum atomic E-state index is 12.8. The van der Waals surface area contributed by atoms with Gasteiger partial charge < -0.3 is 24.4 Å². The maximum Gasteiger partial charge on any atom is 0.259 e. The SMILES string of the molecule is CC(C)Oc1cc(Oc2cc3c(cn2)C(=O)N(C)CCO3)cc(C(=O)Nc2ccn(C)n2)c1. The van der Waals surface area contributed by atoms with Gasteiger partial charge in [-0.05, 0) is 26.0 Å². The maximum absolute atomic E-state index is 12.8. The van der Waals surface area contributed by atoms with Crippen molar-refractivity contribution >= 4 is 17.6 Å². The molecule has 0 radical (unpaired) electrons. The summed E-state index contributed by atoms with van der Waals surface area (Å²) in [6, 6.07) is 8.15. The number of hydrogen-bond acceptors (Lipinski definition) is 7. The highest BCUT2D eigenvalue weighted by Crippen LogP contribution is 2.31. The molecule has 0 bridgehead atoms. The van der Waals surface area contributed by atoms with Crippen molar-refractivity contribution in [2.45, 2.75) is 20.0 Å². The fourth-order valence-corrected chi connectivity index (χ4v) is 3.25. The van der Waals surface area contributed by atoms with E-state index in [1.807, 2.05) is 13.8 Å². The van der Waals surface area contributed by atoms with Gasteiger partial charge in [-0.1, -0.05) is 0 Å². The summed E-state index contributed by atoms with van der Waals surface area (Å²) in [6.07, 6.45) is 3.06. The average Bonchev–Trinajstić information content (AvgIpc) is 3.11. The number of rotatable bonds is 6. The Labute approximate surface area is 191 Å². The quantitative estimate of drug-likeness (QED) is 0.613. The zero-order chi connectivity index (χ0) is 23.5. The van der Waals surface area contributed by atoms with Crippen molar-refractivity contribution < 1.29 is 23.8 Å². The predicted molar refractivity (Wildman–Crippen MR) is 120 cm³/mol. The van der Waals surface area contributed by atoms with Crippen LogP contribution in [0.15, 0.2) is 42.7 Å². The zero-order valence-electron chi connectivity index (χ0n) is 18.9. The van der Waals surface area contributed by atoms with Crippen molar-refractivity contribution in [1.29, 1.82) is 0 Å². The van der Waals surface area contributed by atoms with E-state index in [4.69, 9.17) is 14.2 Å². The second-order valence-corrected chi connectivity index (χ2v) is 7.88. The number of nitrogens with zero attached hydrogens (tertiary/aromatic N) is 4. The number of benzene rings is 1. The summed E-state index contributed by atoms with van der Waals surface area (Å²) in [5.41, 5.74) is 0.700. The third kappa shape index (κ3) is 5.22. The monoisotopic (exact) mass is 451 g/mol. The van der Waals surface area contributed by atoms with Crippen LogP contribution in [-0.4, -0.2) is 57.8 Å². The van der Waals surface area contributed by atoms with E-state index in [1.165, 1.54) is 6.20 Å². The van der Waals surface area contributed by atoms with Crippen molar-refractivity contribution in [2.75, 3.05) is 25.5 Å². The van der Waals surface area contributed by atoms with Gasteiger partial charge in [-0.3, -0.25) is 14.3 Å². The van der Waals surface area contributed by atoms with Gasteiger partial charge in [-0.2, -0.15) is 5.10 Å². The second-order valence-electron chi connectivity index (χ2n) is 7.88. The number of anilines is 1. The topological polar surface area (TPSA) is 108 Å². The predicted octanol–water partition coefficient (Wildman–Crippen LogP) is 3.11. The zero-order valence-corrected chi connectivity index (χ0v) is 18.9. The Kier molecular flexibility index (Phi) is 6.16. The lowest BCUT2D eigenvalue weighted by molar-refractivity contribution is 0.0796. The normalized spacial score (nSPS) is 13.2. The van der Waals surface area contributed by atoms with Crippen LogP contribution in [0.25, 0.3) is 0 Å². The van der Waals surface area contributed by atoms with E-state index in [0.717, 1.165) is 0 Å². The van der Waals surface area contributed by atoms with E-state index in [2.05, 4.69) is 15.4 Å². The molecule has 172 valence electrons. The largest absolute Gasteiger partial charge is 0.491 e. The van der Waals surface area contributed by atoms with Crippen LogP contribution in [0, 0.1) is 0 Å². The standard InChI is InChI=1S/C23H25N5O5/c1-14(2)32-16-9-15(22(29)25-20-5-6-28(4)26-20)10-17(11-16)33-21-12-19-18(13-24-21)23(30)27(3)7-8-31-19/h5-6,9-14H,7-8H2,1-4H3,(H,25,26,29). The molecule has 33 heavy (non-hydrogen) atoms. The summed E-state index contributed by atoms with van der Waals surface area (Å²) < 4.78 is 19.0. The van der Waals surface area contributed by atoms with Gasteiger partial charge in [0.15, 0.2) is 5.82 Å². The number of nitrogens with one attached hydrogen (secondary N) is 1. The third-order valence-electron chi connectivity index (χ3n) is 4.79. The van der Waals surface area contributed by atoms with Crippen molar-refractivity contribution in [1.82, 2.24) is 19.7 Å². The Hall–Kier alpha value is -4.08. The van der Waals surface area contributed by atoms with Crippen molar-refractivity contribution in [3.63, 3.8) is 0 Å². The first-order valence-corrected chi connectivity index (χ1v) is 10.5. The molecule has 1 N–H and O–H groups in total. The molecule has 1 aliphatic rings. The number of aromatic nitrogens is 3. The molecule has 0 fully saturated rings. The number of amides is 2. The van der Waals surface area contributed by atoms with Crippen LogP contribution in [0.5, 0.6) is 23.1 Å². The molecule has 10 heteroatoms. The molecule has 2 aromatic heterocycles. The van der Waals surface area contributed by atoms with Gasteiger partial charge in [0, 0.05) is 50.3 Å². The van der Waals surface area contributed by atoms with Gasteiger partial charge in [0.2, 0.25) is 5.88 Å². The Balaban J connectivity index is 1.61. The number of fused-ring (bicyclic) bond motifs is 1. The highest BCUT2D eigenvalue weighted by Gasteiger charge is 2.22. The van der Waals surface area contributed by atoms with Gasteiger partial charge in [-0.15, -0.1) is 0 Å². The fourth-order valence-electron chi connectivity index (χ4n) is 3.25. The van der Waals surface area contributed by atoms with Crippen molar-refractivity contribution in [2.24, 2.45) is 7.05 Å². The summed E-state index contributed by atoms with van der Waals surface area (Å²) in [7, 11) is 3.48. The van der Waals surface area contributed by atoms with Crippen LogP contribution in [0.4, 0.5) is 5.82 Å². The van der Waals surface area contributed by atoms with E-state index in [9.17, 15) is 9.59 Å². The average molecular weight is 451 g/mol. The molecular weight excluding hydrogens is 426 g/mol. The molecule has 3 heterocycles. The van der Waals surface area contributed by atoms with Crippen LogP contribution in [-0.2, 0) is 7.05 Å². The molecule has 0 saturated carbocycles. The molecule has 3 aromatic rings. The summed E-state index contributed by atoms with van der Waals surface area (Å²) >= 11 is 0. The molecule has 0 atom stereocenters. The number of ether oxygens (including phenoxy) is 3. The molecular formula is C23H25N5O5. The highest BCUT2D eigenvalue weighted by atomic mass is 16.5. The van der Waals surface area contributed by atoms with Gasteiger partial charge in [0.1, 0.15) is 29.4 Å². The lowest BCUT2D eigenvalue weighted by Crippen LogP contribution is -2.27. The lowest BCUT2D eigenvalue weighted by Gasteiger charge is -2.14. The van der Waals surface area contributed by atoms with Gasteiger partial charge in [0.25, 0.3) is 11.8 Å². The lowest BCUT2D eigenvalue weighted by atomic mass is 10.2. The van der Waals surface area contributed by atoms with E-state index in [0.29, 0.717) is 47.3 Å². The fraction of sp³-hybridized carbons (Fsp3) is 0.304. The van der Waals surface area contributed by atoms with Gasteiger partial charge >= 0.3 is 0 Å². The Morgan fingerprint density at radius 3 is 2.70 bits per heavy atom. The number of aryl methyl sites for hydroxylation is 1. The number of hydrogen-bond donors (Lipinski definition) is 1. The number of pyridine rings is 1. The van der Waals surface area contributed by atoms with Gasteiger partial charge in [0.05, 0.1) is 12.6 Å². The second kappa shape index (κ2) is 9.19. The van der Waals surface area contributed by atoms with Crippen LogP contribution < -0.4 is 19.5 Å². The van der Waals surface area contributed by atoms with Gasteiger partial charge in [-0.25, -0.2) is 4.98 Å². The van der Waals surface area contributed by atoms with Crippen LogP contribution in [0.2, 0.25) is 0 Å². The third-order valence-corrected chi connectivity index (χ3v) is 4.79. The molecule has 0 saturated heterocycles. The van der Waals surface area contributed by atoms with Crippen LogP contribution in [0.3, 0.4) is 0 Å². The molecule has 0 spiro atoms. The number of carbonyl (C=O) groups excluding carboxylic acids is 2. The van der Waals surface area contributed by atoms with Crippen molar-refractivity contribution in [3.05, 3.63) is 53.9 Å². The minimum atomic E-state index is -0.361. The van der Waals surface area contributed by atoms with Crippen LogP contribution >= 0.6 is 0 Å². The first-order valence-electron chi connectivity index (χ1n) is 10.5. The molecule has 2 amide bonds. The van der Waals surface area contributed by atoms with E-state index < -0.39 is 0 Å². The summed E-state index contributed by atoms with van der Waals surface area (Å²) in [4.78, 5) is 31.1. The van der Waals surface area contributed by atoms with E-state index in [-0.39, 0.29) is 23.8 Å². The summed E-state index contributed by atoms with van der Waals surface area (Å²) in [5, 5.41) is 6.91. The first kappa shape index (κ1) is 22.1. The molecule has 0 unspecified atom stereocenters.